The molecule has 2 aromatic rings. The van der Waals surface area contributed by atoms with Crippen molar-refractivity contribution < 1.29 is 14.6 Å². The summed E-state index contributed by atoms with van der Waals surface area (Å²) in [6, 6.07) is 10.2. The third-order valence-electron chi connectivity index (χ3n) is 4.60. The first-order valence-corrected chi connectivity index (χ1v) is 10.8. The summed E-state index contributed by atoms with van der Waals surface area (Å²) in [5.74, 6) is -0.143. The molecule has 0 heterocycles. The number of rotatable bonds is 8. The quantitative estimate of drug-likeness (QED) is 0.424. The molecule has 1 aliphatic carbocycles. The smallest absolute Gasteiger partial charge is 0.303 e. The van der Waals surface area contributed by atoms with Gasteiger partial charge in [-0.3, -0.25) is 4.79 Å². The Morgan fingerprint density at radius 1 is 1.26 bits per heavy atom. The molecule has 0 aromatic heterocycles. The molecule has 1 aliphatic rings. The Balaban J connectivity index is 1.69. The number of carbonyl (C=O) groups is 1. The highest BCUT2D eigenvalue weighted by atomic mass is 79.9. The van der Waals surface area contributed by atoms with E-state index in [1.807, 2.05) is 30.3 Å². The van der Waals surface area contributed by atoms with E-state index in [4.69, 9.17) is 21.4 Å². The average molecular weight is 518 g/mol. The Bertz CT molecular complexity index is 817. The molecule has 2 aromatic carbocycles. The molecule has 27 heavy (non-hydrogen) atoms. The van der Waals surface area contributed by atoms with Gasteiger partial charge in [-0.2, -0.15) is 0 Å². The Kier molecular flexibility index (Phi) is 7.06. The van der Waals surface area contributed by atoms with Crippen molar-refractivity contribution >= 4 is 55.1 Å². The molecule has 0 radical (unpaired) electrons. The van der Waals surface area contributed by atoms with E-state index in [1.54, 1.807) is 0 Å². The van der Waals surface area contributed by atoms with Gasteiger partial charge in [0.1, 0.15) is 12.4 Å². The molecular formula is C20H20Br2ClNO3. The van der Waals surface area contributed by atoms with Crippen molar-refractivity contribution in [3.05, 3.63) is 55.4 Å². The van der Waals surface area contributed by atoms with Crippen molar-refractivity contribution in [1.29, 1.82) is 0 Å². The first-order chi connectivity index (χ1) is 12.9. The van der Waals surface area contributed by atoms with Crippen LogP contribution in [0.25, 0.3) is 0 Å². The third kappa shape index (κ3) is 5.39. The van der Waals surface area contributed by atoms with Gasteiger partial charge in [0.05, 0.1) is 19.7 Å². The summed E-state index contributed by atoms with van der Waals surface area (Å²) in [4.78, 5) is 10.8. The SMILES string of the molecule is O=C(O)CCc1cc(Br)c(OCc2cccc(NC3CCC3)c2Cl)c(Br)c1. The molecule has 0 saturated heterocycles. The van der Waals surface area contributed by atoms with E-state index >= 15 is 0 Å². The molecular weight excluding hydrogens is 497 g/mol. The number of hydrogen-bond donors (Lipinski definition) is 2. The molecule has 1 fully saturated rings. The normalized spacial score (nSPS) is 13.9. The number of aryl methyl sites for hydroxylation is 1. The van der Waals surface area contributed by atoms with Crippen molar-refractivity contribution in [2.75, 3.05) is 5.32 Å². The molecule has 4 nitrogen and oxygen atoms in total. The fraction of sp³-hybridized carbons (Fsp3) is 0.350. The van der Waals surface area contributed by atoms with Crippen LogP contribution in [-0.2, 0) is 17.8 Å². The number of anilines is 1. The van der Waals surface area contributed by atoms with Crippen LogP contribution in [0.1, 0.15) is 36.8 Å². The summed E-state index contributed by atoms with van der Waals surface area (Å²) in [5, 5.41) is 13.0. The molecule has 7 heteroatoms. The molecule has 3 rings (SSSR count). The van der Waals surface area contributed by atoms with Gasteiger partial charge in [-0.15, -0.1) is 0 Å². The lowest BCUT2D eigenvalue weighted by molar-refractivity contribution is -0.136. The Morgan fingerprint density at radius 2 is 1.96 bits per heavy atom. The van der Waals surface area contributed by atoms with E-state index in [0.717, 1.165) is 25.8 Å². The second kappa shape index (κ2) is 9.30. The van der Waals surface area contributed by atoms with Gasteiger partial charge in [0.2, 0.25) is 0 Å². The number of hydrogen-bond acceptors (Lipinski definition) is 3. The number of benzene rings is 2. The monoisotopic (exact) mass is 515 g/mol. The van der Waals surface area contributed by atoms with Gasteiger partial charge in [-0.05, 0) is 81.3 Å². The van der Waals surface area contributed by atoms with Gasteiger partial charge in [0.15, 0.2) is 0 Å². The van der Waals surface area contributed by atoms with Gasteiger partial charge >= 0.3 is 5.97 Å². The van der Waals surface area contributed by atoms with Crippen molar-refractivity contribution in [3.8, 4) is 5.75 Å². The summed E-state index contributed by atoms with van der Waals surface area (Å²) in [6.07, 6.45) is 4.20. The summed E-state index contributed by atoms with van der Waals surface area (Å²) >= 11 is 13.6. The maximum Gasteiger partial charge on any atom is 0.303 e. The predicted octanol–water partition coefficient (Wildman–Crippen LogP) is 6.43. The number of nitrogens with one attached hydrogen (secondary N) is 1. The van der Waals surface area contributed by atoms with Crippen molar-refractivity contribution in [2.24, 2.45) is 0 Å². The minimum Gasteiger partial charge on any atom is -0.486 e. The molecule has 0 amide bonds. The molecule has 0 unspecified atom stereocenters. The highest BCUT2D eigenvalue weighted by Gasteiger charge is 2.19. The fourth-order valence-corrected chi connectivity index (χ4v) is 4.62. The molecule has 144 valence electrons. The number of carboxylic acid groups (broad SMARTS) is 1. The van der Waals surface area contributed by atoms with Crippen molar-refractivity contribution in [1.82, 2.24) is 0 Å². The second-order valence-electron chi connectivity index (χ2n) is 6.62. The van der Waals surface area contributed by atoms with E-state index < -0.39 is 5.97 Å². The predicted molar refractivity (Wildman–Crippen MR) is 115 cm³/mol. The number of carboxylic acids is 1. The maximum absolute atomic E-state index is 10.8. The first kappa shape index (κ1) is 20.5. The van der Waals surface area contributed by atoms with Crippen LogP contribution in [0, 0.1) is 0 Å². The Labute approximate surface area is 180 Å². The maximum atomic E-state index is 10.8. The van der Waals surface area contributed by atoms with Gasteiger partial charge in [0, 0.05) is 18.0 Å². The number of ether oxygens (including phenoxy) is 1. The standard InChI is InChI=1S/C20H20Br2ClNO3/c21-15-9-12(7-8-18(25)26)10-16(22)20(15)27-11-13-3-1-6-17(19(13)23)24-14-4-2-5-14/h1,3,6,9-10,14,24H,2,4-5,7-8,11H2,(H,25,26). The number of aliphatic carboxylic acids is 1. The van der Waals surface area contributed by atoms with Gasteiger partial charge in [-0.1, -0.05) is 23.7 Å². The van der Waals surface area contributed by atoms with Gasteiger partial charge in [0.25, 0.3) is 0 Å². The van der Waals surface area contributed by atoms with Crippen LogP contribution < -0.4 is 10.1 Å². The van der Waals surface area contributed by atoms with E-state index in [0.29, 0.717) is 29.8 Å². The van der Waals surface area contributed by atoms with Gasteiger partial charge < -0.3 is 15.2 Å². The van der Waals surface area contributed by atoms with Crippen LogP contribution in [0.4, 0.5) is 5.69 Å². The van der Waals surface area contributed by atoms with Crippen LogP contribution in [0.3, 0.4) is 0 Å². The summed E-state index contributed by atoms with van der Waals surface area (Å²) < 4.78 is 7.54. The summed E-state index contributed by atoms with van der Waals surface area (Å²) in [5.41, 5.74) is 2.78. The second-order valence-corrected chi connectivity index (χ2v) is 8.71. The minimum absolute atomic E-state index is 0.0927. The zero-order chi connectivity index (χ0) is 19.4. The van der Waals surface area contributed by atoms with Crippen LogP contribution >= 0.6 is 43.5 Å². The largest absolute Gasteiger partial charge is 0.486 e. The Hall–Kier alpha value is -1.24. The van der Waals surface area contributed by atoms with Crippen LogP contribution in [0.15, 0.2) is 39.3 Å². The Morgan fingerprint density at radius 3 is 2.56 bits per heavy atom. The van der Waals surface area contributed by atoms with E-state index in [-0.39, 0.29) is 6.42 Å². The third-order valence-corrected chi connectivity index (χ3v) is 6.23. The summed E-state index contributed by atoms with van der Waals surface area (Å²) in [6.45, 7) is 0.338. The molecule has 2 N–H and O–H groups in total. The molecule has 0 atom stereocenters. The van der Waals surface area contributed by atoms with E-state index in [9.17, 15) is 4.79 Å². The van der Waals surface area contributed by atoms with Gasteiger partial charge in [-0.25, -0.2) is 0 Å². The first-order valence-electron chi connectivity index (χ1n) is 8.80. The molecule has 1 saturated carbocycles. The van der Waals surface area contributed by atoms with Crippen LogP contribution in [-0.4, -0.2) is 17.1 Å². The summed E-state index contributed by atoms with van der Waals surface area (Å²) in [7, 11) is 0. The van der Waals surface area contributed by atoms with E-state index in [2.05, 4.69) is 37.2 Å². The van der Waals surface area contributed by atoms with Crippen molar-refractivity contribution in [2.45, 2.75) is 44.8 Å². The lowest BCUT2D eigenvalue weighted by atomic mass is 9.93. The van der Waals surface area contributed by atoms with Crippen molar-refractivity contribution in [3.63, 3.8) is 0 Å². The lowest BCUT2D eigenvalue weighted by Crippen LogP contribution is -2.27. The molecule has 0 spiro atoms. The molecule has 0 aliphatic heterocycles. The minimum atomic E-state index is -0.812. The van der Waals surface area contributed by atoms with Crippen LogP contribution in [0.5, 0.6) is 5.75 Å². The van der Waals surface area contributed by atoms with Crippen LogP contribution in [0.2, 0.25) is 5.02 Å². The highest BCUT2D eigenvalue weighted by molar-refractivity contribution is 9.11. The number of halogens is 3. The lowest BCUT2D eigenvalue weighted by Gasteiger charge is -2.28. The highest BCUT2D eigenvalue weighted by Crippen LogP contribution is 2.37. The fourth-order valence-electron chi connectivity index (χ4n) is 2.87. The molecule has 0 bridgehead atoms. The average Bonchev–Trinajstić information content (AvgIpc) is 2.57. The topological polar surface area (TPSA) is 58.6 Å². The zero-order valence-corrected chi connectivity index (χ0v) is 18.5. The zero-order valence-electron chi connectivity index (χ0n) is 14.6. The van der Waals surface area contributed by atoms with E-state index in [1.165, 1.54) is 19.3 Å².